The Morgan fingerprint density at radius 1 is 1.10 bits per heavy atom. The molecule has 0 spiro atoms. The number of para-hydroxylation sites is 1. The van der Waals surface area contributed by atoms with Crippen molar-refractivity contribution in [1.29, 1.82) is 5.26 Å². The summed E-state index contributed by atoms with van der Waals surface area (Å²) in [6.07, 6.45) is 1.74. The summed E-state index contributed by atoms with van der Waals surface area (Å²) in [6, 6.07) is 19.5. The molecule has 1 aromatic heterocycles. The van der Waals surface area contributed by atoms with Gasteiger partial charge in [0.15, 0.2) is 0 Å². The van der Waals surface area contributed by atoms with Crippen LogP contribution in [0.1, 0.15) is 5.56 Å². The molecular formula is C17H13N3O. The fraction of sp³-hybridized carbons (Fsp3) is 0.0588. The second-order valence-electron chi connectivity index (χ2n) is 4.52. The minimum absolute atomic E-state index is 0.534. The highest BCUT2D eigenvalue weighted by molar-refractivity contribution is 5.67. The van der Waals surface area contributed by atoms with Crippen molar-refractivity contribution in [2.45, 2.75) is 0 Å². The lowest BCUT2D eigenvalue weighted by molar-refractivity contribution is 0.415. The van der Waals surface area contributed by atoms with Crippen LogP contribution in [-0.2, 0) is 0 Å². The third-order valence-electron chi connectivity index (χ3n) is 3.20. The first-order valence-corrected chi connectivity index (χ1v) is 6.51. The van der Waals surface area contributed by atoms with Gasteiger partial charge in [-0.3, -0.25) is 0 Å². The fourth-order valence-electron chi connectivity index (χ4n) is 2.15. The minimum atomic E-state index is 0.534. The Hall–Kier alpha value is -3.06. The molecule has 1 heterocycles. The van der Waals surface area contributed by atoms with Crippen LogP contribution in [0, 0.1) is 11.3 Å². The Kier molecular flexibility index (Phi) is 3.40. The van der Waals surface area contributed by atoms with Gasteiger partial charge in [-0.2, -0.15) is 10.4 Å². The number of methoxy groups -OCH3 is 1. The lowest BCUT2D eigenvalue weighted by Crippen LogP contribution is -1.94. The van der Waals surface area contributed by atoms with E-state index in [4.69, 9.17) is 4.74 Å². The van der Waals surface area contributed by atoms with E-state index in [9.17, 15) is 5.26 Å². The third-order valence-corrected chi connectivity index (χ3v) is 3.20. The average molecular weight is 275 g/mol. The van der Waals surface area contributed by atoms with E-state index in [0.29, 0.717) is 11.3 Å². The normalized spacial score (nSPS) is 10.1. The van der Waals surface area contributed by atoms with Gasteiger partial charge in [0.1, 0.15) is 17.5 Å². The Labute approximate surface area is 122 Å². The second-order valence-corrected chi connectivity index (χ2v) is 4.52. The molecule has 4 heteroatoms. The minimum Gasteiger partial charge on any atom is -0.497 e. The summed E-state index contributed by atoms with van der Waals surface area (Å²) < 4.78 is 6.94. The number of aromatic nitrogens is 2. The predicted molar refractivity (Wildman–Crippen MR) is 80.3 cm³/mol. The van der Waals surface area contributed by atoms with Crippen LogP contribution in [0.4, 0.5) is 0 Å². The van der Waals surface area contributed by atoms with Crippen LogP contribution < -0.4 is 4.74 Å². The molecule has 0 amide bonds. The molecular weight excluding hydrogens is 262 g/mol. The summed E-state index contributed by atoms with van der Waals surface area (Å²) in [5, 5.41) is 13.9. The standard InChI is InChI=1S/C17H13N3O/c1-21-16-9-5-6-13(10-16)17-14(11-18)12-20(19-17)15-7-3-2-4-8-15/h2-10,12H,1H3. The summed E-state index contributed by atoms with van der Waals surface area (Å²) >= 11 is 0. The van der Waals surface area contributed by atoms with Crippen molar-refractivity contribution in [3.63, 3.8) is 0 Å². The smallest absolute Gasteiger partial charge is 0.119 e. The number of hydrogen-bond donors (Lipinski definition) is 0. The highest BCUT2D eigenvalue weighted by Crippen LogP contribution is 2.26. The molecule has 3 rings (SSSR count). The zero-order valence-electron chi connectivity index (χ0n) is 11.5. The van der Waals surface area contributed by atoms with E-state index in [1.807, 2.05) is 54.6 Å². The molecule has 2 aromatic carbocycles. The maximum absolute atomic E-state index is 9.33. The molecule has 0 aliphatic rings. The largest absolute Gasteiger partial charge is 0.497 e. The zero-order valence-corrected chi connectivity index (χ0v) is 11.5. The van der Waals surface area contributed by atoms with E-state index >= 15 is 0 Å². The molecule has 21 heavy (non-hydrogen) atoms. The average Bonchev–Trinajstić information content (AvgIpc) is 3.00. The Morgan fingerprint density at radius 2 is 1.90 bits per heavy atom. The number of benzene rings is 2. The molecule has 0 saturated heterocycles. The van der Waals surface area contributed by atoms with Crippen LogP contribution in [-0.4, -0.2) is 16.9 Å². The molecule has 0 radical (unpaired) electrons. The molecule has 0 atom stereocenters. The number of ether oxygens (including phenoxy) is 1. The zero-order chi connectivity index (χ0) is 14.7. The molecule has 102 valence electrons. The van der Waals surface area contributed by atoms with E-state index in [1.165, 1.54) is 0 Å². The quantitative estimate of drug-likeness (QED) is 0.736. The van der Waals surface area contributed by atoms with Gasteiger partial charge < -0.3 is 4.74 Å². The van der Waals surface area contributed by atoms with Crippen LogP contribution in [0.3, 0.4) is 0 Å². The van der Waals surface area contributed by atoms with E-state index in [2.05, 4.69) is 11.2 Å². The summed E-state index contributed by atoms with van der Waals surface area (Å²) in [7, 11) is 1.62. The van der Waals surface area contributed by atoms with Crippen LogP contribution in [0.2, 0.25) is 0 Å². The predicted octanol–water partition coefficient (Wildman–Crippen LogP) is 3.42. The van der Waals surface area contributed by atoms with Gasteiger partial charge >= 0.3 is 0 Å². The monoisotopic (exact) mass is 275 g/mol. The molecule has 0 unspecified atom stereocenters. The molecule has 0 bridgehead atoms. The van der Waals surface area contributed by atoms with Crippen LogP contribution in [0.5, 0.6) is 5.75 Å². The maximum Gasteiger partial charge on any atom is 0.119 e. The first-order valence-electron chi connectivity index (χ1n) is 6.51. The van der Waals surface area contributed by atoms with Crippen molar-refractivity contribution in [3.05, 3.63) is 66.4 Å². The van der Waals surface area contributed by atoms with Crippen molar-refractivity contribution in [2.24, 2.45) is 0 Å². The number of hydrogen-bond acceptors (Lipinski definition) is 3. The van der Waals surface area contributed by atoms with Crippen molar-refractivity contribution < 1.29 is 4.74 Å². The summed E-state index contributed by atoms with van der Waals surface area (Å²) in [5.41, 5.74) is 2.97. The van der Waals surface area contributed by atoms with Crippen molar-refractivity contribution in [1.82, 2.24) is 9.78 Å². The van der Waals surface area contributed by atoms with Crippen LogP contribution in [0.25, 0.3) is 16.9 Å². The highest BCUT2D eigenvalue weighted by atomic mass is 16.5. The highest BCUT2D eigenvalue weighted by Gasteiger charge is 2.12. The van der Waals surface area contributed by atoms with Gasteiger partial charge in [-0.1, -0.05) is 30.3 Å². The molecule has 0 fully saturated rings. The summed E-state index contributed by atoms with van der Waals surface area (Å²) in [6.45, 7) is 0. The number of nitriles is 1. The fourth-order valence-corrected chi connectivity index (χ4v) is 2.15. The number of rotatable bonds is 3. The second kappa shape index (κ2) is 5.51. The lowest BCUT2D eigenvalue weighted by Gasteiger charge is -2.02. The van der Waals surface area contributed by atoms with Gasteiger partial charge in [0.05, 0.1) is 18.4 Å². The van der Waals surface area contributed by atoms with Crippen molar-refractivity contribution in [2.75, 3.05) is 7.11 Å². The SMILES string of the molecule is COc1cccc(-c2nn(-c3ccccc3)cc2C#N)c1. The Balaban J connectivity index is 2.11. The lowest BCUT2D eigenvalue weighted by atomic mass is 10.1. The molecule has 0 N–H and O–H groups in total. The molecule has 0 saturated carbocycles. The number of nitrogens with zero attached hydrogens (tertiary/aromatic N) is 3. The maximum atomic E-state index is 9.33. The summed E-state index contributed by atoms with van der Waals surface area (Å²) in [5.74, 6) is 0.741. The van der Waals surface area contributed by atoms with Crippen LogP contribution in [0.15, 0.2) is 60.8 Å². The topological polar surface area (TPSA) is 50.8 Å². The molecule has 0 aliphatic heterocycles. The van der Waals surface area contributed by atoms with E-state index in [0.717, 1.165) is 17.0 Å². The van der Waals surface area contributed by atoms with Gasteiger partial charge in [-0.15, -0.1) is 0 Å². The van der Waals surface area contributed by atoms with Gasteiger partial charge in [0.2, 0.25) is 0 Å². The molecule has 3 aromatic rings. The first-order chi connectivity index (χ1) is 10.3. The Morgan fingerprint density at radius 3 is 2.62 bits per heavy atom. The molecule has 4 nitrogen and oxygen atoms in total. The van der Waals surface area contributed by atoms with Gasteiger partial charge in [-0.25, -0.2) is 4.68 Å². The van der Waals surface area contributed by atoms with Gasteiger partial charge in [-0.05, 0) is 24.3 Å². The van der Waals surface area contributed by atoms with E-state index in [1.54, 1.807) is 18.0 Å². The third kappa shape index (κ3) is 2.49. The van der Waals surface area contributed by atoms with E-state index in [-0.39, 0.29) is 0 Å². The van der Waals surface area contributed by atoms with Gasteiger partial charge in [0.25, 0.3) is 0 Å². The summed E-state index contributed by atoms with van der Waals surface area (Å²) in [4.78, 5) is 0. The van der Waals surface area contributed by atoms with Crippen molar-refractivity contribution >= 4 is 0 Å². The first kappa shape index (κ1) is 12.9. The van der Waals surface area contributed by atoms with Crippen LogP contribution >= 0.6 is 0 Å². The van der Waals surface area contributed by atoms with E-state index < -0.39 is 0 Å². The Bertz CT molecular complexity index is 800. The molecule has 0 aliphatic carbocycles. The van der Waals surface area contributed by atoms with Crippen molar-refractivity contribution in [3.8, 4) is 28.8 Å². The van der Waals surface area contributed by atoms with Gasteiger partial charge in [0, 0.05) is 11.8 Å².